The van der Waals surface area contributed by atoms with E-state index in [1.165, 1.54) is 0 Å². The summed E-state index contributed by atoms with van der Waals surface area (Å²) in [7, 11) is 0. The second-order valence-electron chi connectivity index (χ2n) is 5.36. The molecule has 0 aromatic rings. The number of aliphatic imine (C=N–C) groups is 1. The van der Waals surface area contributed by atoms with E-state index in [-0.39, 0.29) is 19.2 Å². The molecule has 140 valence electrons. The van der Waals surface area contributed by atoms with Crippen LogP contribution in [0.5, 0.6) is 0 Å². The summed E-state index contributed by atoms with van der Waals surface area (Å²) < 4.78 is 0. The molecule has 0 saturated carbocycles. The van der Waals surface area contributed by atoms with E-state index in [0.717, 1.165) is 0 Å². The van der Waals surface area contributed by atoms with Gasteiger partial charge in [0.05, 0.1) is 25.7 Å². The van der Waals surface area contributed by atoms with E-state index in [4.69, 9.17) is 16.6 Å². The van der Waals surface area contributed by atoms with Crippen LogP contribution in [0.25, 0.3) is 0 Å². The van der Waals surface area contributed by atoms with E-state index in [1.54, 1.807) is 0 Å². The summed E-state index contributed by atoms with van der Waals surface area (Å²) >= 11 is 0. The highest BCUT2D eigenvalue weighted by Gasteiger charge is 2.26. The molecule has 12 nitrogen and oxygen atoms in total. The monoisotopic (exact) mass is 357 g/mol. The molecule has 0 unspecified atom stereocenters. The minimum atomic E-state index is -1.23. The Morgan fingerprint density at radius 3 is 2.48 bits per heavy atom. The van der Waals surface area contributed by atoms with Crippen molar-refractivity contribution in [2.75, 3.05) is 19.8 Å². The third kappa shape index (κ3) is 7.97. The van der Waals surface area contributed by atoms with Crippen LogP contribution in [0.1, 0.15) is 19.3 Å². The standard InChI is InChI=1S/C13H23N7O5/c14-13(15)16-3-1-2-7-11(24)17-5-9(21)20-8(4-10(22)23)12(25)19-6-18-7/h7-8,18H,1-6H2,(H,17,24)(H,19,25)(H,20,21)(H,22,23)(H4,14,15,16)/t7-,8+/m1/s1. The summed E-state index contributed by atoms with van der Waals surface area (Å²) in [6, 6.07) is -1.89. The Balaban J connectivity index is 2.68. The zero-order chi connectivity index (χ0) is 18.8. The Bertz CT molecular complexity index is 547. The fourth-order valence-electron chi connectivity index (χ4n) is 2.13. The fourth-order valence-corrected chi connectivity index (χ4v) is 2.13. The molecule has 0 aromatic carbocycles. The number of hydrogen-bond acceptors (Lipinski definition) is 6. The predicted molar refractivity (Wildman–Crippen MR) is 87.0 cm³/mol. The quantitative estimate of drug-likeness (QED) is 0.142. The van der Waals surface area contributed by atoms with Gasteiger partial charge in [0, 0.05) is 6.54 Å². The van der Waals surface area contributed by atoms with Crippen molar-refractivity contribution in [3.05, 3.63) is 0 Å². The van der Waals surface area contributed by atoms with Crippen LogP contribution in [0, 0.1) is 0 Å². The van der Waals surface area contributed by atoms with Crippen molar-refractivity contribution in [2.45, 2.75) is 31.3 Å². The molecular weight excluding hydrogens is 334 g/mol. The highest BCUT2D eigenvalue weighted by Crippen LogP contribution is 2.00. The van der Waals surface area contributed by atoms with Crippen molar-refractivity contribution in [1.29, 1.82) is 0 Å². The minimum Gasteiger partial charge on any atom is -0.481 e. The molecule has 0 aromatic heterocycles. The number of carboxylic acid groups (broad SMARTS) is 1. The van der Waals surface area contributed by atoms with Crippen LogP contribution in [-0.4, -0.2) is 66.6 Å². The maximum absolute atomic E-state index is 12.1. The number of nitrogens with zero attached hydrogens (tertiary/aromatic N) is 1. The molecule has 1 heterocycles. The van der Waals surface area contributed by atoms with Crippen LogP contribution < -0.4 is 32.7 Å². The SMILES string of the molecule is NC(N)=NCCC[C@H]1NCNC(=O)[C@H](CC(=O)O)NC(=O)CNC1=O. The molecule has 1 saturated heterocycles. The van der Waals surface area contributed by atoms with Gasteiger partial charge in [-0.05, 0) is 12.8 Å². The molecule has 1 fully saturated rings. The van der Waals surface area contributed by atoms with Gasteiger partial charge in [-0.15, -0.1) is 0 Å². The van der Waals surface area contributed by atoms with Crippen molar-refractivity contribution < 1.29 is 24.3 Å². The van der Waals surface area contributed by atoms with Crippen molar-refractivity contribution >= 4 is 29.7 Å². The first-order chi connectivity index (χ1) is 11.8. The van der Waals surface area contributed by atoms with Gasteiger partial charge >= 0.3 is 5.97 Å². The smallest absolute Gasteiger partial charge is 0.305 e. The number of rotatable bonds is 6. The van der Waals surface area contributed by atoms with Gasteiger partial charge in [-0.25, -0.2) is 0 Å². The van der Waals surface area contributed by atoms with E-state index in [0.29, 0.717) is 19.4 Å². The summed E-state index contributed by atoms with van der Waals surface area (Å²) in [6.45, 7) is -0.0964. The first-order valence-electron chi connectivity index (χ1n) is 7.65. The van der Waals surface area contributed by atoms with Crippen molar-refractivity contribution in [3.63, 3.8) is 0 Å². The first-order valence-corrected chi connectivity index (χ1v) is 7.65. The molecule has 1 aliphatic heterocycles. The van der Waals surface area contributed by atoms with Gasteiger partial charge in [-0.2, -0.15) is 0 Å². The summed E-state index contributed by atoms with van der Waals surface area (Å²) in [5.41, 5.74) is 10.4. The summed E-state index contributed by atoms with van der Waals surface area (Å²) in [5.74, 6) is -3.02. The number of carboxylic acids is 1. The van der Waals surface area contributed by atoms with Crippen LogP contribution in [0.2, 0.25) is 0 Å². The van der Waals surface area contributed by atoms with E-state index < -0.39 is 42.2 Å². The van der Waals surface area contributed by atoms with Crippen LogP contribution >= 0.6 is 0 Å². The number of hydrogen-bond donors (Lipinski definition) is 7. The highest BCUT2D eigenvalue weighted by atomic mass is 16.4. The van der Waals surface area contributed by atoms with E-state index in [1.807, 2.05) is 0 Å². The Kier molecular flexibility index (Phi) is 8.12. The number of nitrogens with one attached hydrogen (secondary N) is 4. The van der Waals surface area contributed by atoms with Gasteiger partial charge in [0.1, 0.15) is 6.04 Å². The van der Waals surface area contributed by atoms with Gasteiger partial charge < -0.3 is 32.5 Å². The third-order valence-electron chi connectivity index (χ3n) is 3.33. The van der Waals surface area contributed by atoms with Crippen LogP contribution in [0.3, 0.4) is 0 Å². The van der Waals surface area contributed by atoms with Crippen LogP contribution in [0.4, 0.5) is 0 Å². The number of aliphatic carboxylic acids is 1. The molecule has 2 atom stereocenters. The number of guanidine groups is 1. The van der Waals surface area contributed by atoms with Crippen molar-refractivity contribution in [3.8, 4) is 0 Å². The Hall–Kier alpha value is -2.89. The molecule has 0 bridgehead atoms. The second kappa shape index (κ2) is 10.1. The number of nitrogens with two attached hydrogens (primary N) is 2. The molecule has 0 spiro atoms. The predicted octanol–water partition coefficient (Wildman–Crippen LogP) is -3.84. The highest BCUT2D eigenvalue weighted by molar-refractivity contribution is 5.93. The lowest BCUT2D eigenvalue weighted by Gasteiger charge is -2.18. The second-order valence-corrected chi connectivity index (χ2v) is 5.36. The van der Waals surface area contributed by atoms with Gasteiger partial charge in [0.25, 0.3) is 0 Å². The van der Waals surface area contributed by atoms with Crippen LogP contribution in [-0.2, 0) is 19.2 Å². The number of carbonyl (C=O) groups excluding carboxylic acids is 3. The Morgan fingerprint density at radius 1 is 1.16 bits per heavy atom. The zero-order valence-electron chi connectivity index (χ0n) is 13.6. The maximum atomic E-state index is 12.1. The molecule has 0 aliphatic carbocycles. The number of amides is 3. The third-order valence-corrected chi connectivity index (χ3v) is 3.33. The van der Waals surface area contributed by atoms with Gasteiger partial charge in [-0.3, -0.25) is 29.5 Å². The van der Waals surface area contributed by atoms with Crippen LogP contribution in [0.15, 0.2) is 4.99 Å². The topological polar surface area (TPSA) is 201 Å². The van der Waals surface area contributed by atoms with E-state index in [9.17, 15) is 19.2 Å². The number of carbonyl (C=O) groups is 4. The van der Waals surface area contributed by atoms with E-state index in [2.05, 4.69) is 26.3 Å². The Labute approximate surface area is 143 Å². The molecule has 12 heteroatoms. The molecule has 0 radical (unpaired) electrons. The molecule has 25 heavy (non-hydrogen) atoms. The molecule has 3 amide bonds. The van der Waals surface area contributed by atoms with E-state index >= 15 is 0 Å². The molecule has 9 N–H and O–H groups in total. The zero-order valence-corrected chi connectivity index (χ0v) is 13.6. The minimum absolute atomic E-state index is 0.0479. The fraction of sp³-hybridized carbons (Fsp3) is 0.615. The Morgan fingerprint density at radius 2 is 1.84 bits per heavy atom. The lowest BCUT2D eigenvalue weighted by atomic mass is 10.1. The average Bonchev–Trinajstić information content (AvgIpc) is 2.54. The van der Waals surface area contributed by atoms with Gasteiger partial charge in [0.2, 0.25) is 17.7 Å². The largest absolute Gasteiger partial charge is 0.481 e. The molecule has 1 rings (SSSR count). The summed E-state index contributed by atoms with van der Waals surface area (Å²) in [4.78, 5) is 50.5. The molecule has 1 aliphatic rings. The summed E-state index contributed by atoms with van der Waals surface area (Å²) in [5, 5.41) is 18.8. The summed E-state index contributed by atoms with van der Waals surface area (Å²) in [6.07, 6.45) is 0.316. The van der Waals surface area contributed by atoms with Crippen molar-refractivity contribution in [2.24, 2.45) is 16.5 Å². The maximum Gasteiger partial charge on any atom is 0.305 e. The van der Waals surface area contributed by atoms with Crippen molar-refractivity contribution in [1.82, 2.24) is 21.3 Å². The average molecular weight is 357 g/mol. The molecular formula is C13H23N7O5. The first kappa shape index (κ1) is 20.2. The van der Waals surface area contributed by atoms with Gasteiger partial charge in [0.15, 0.2) is 5.96 Å². The lowest BCUT2D eigenvalue weighted by molar-refractivity contribution is -0.140. The lowest BCUT2D eigenvalue weighted by Crippen LogP contribution is -2.50. The normalized spacial score (nSPS) is 22.0. The van der Waals surface area contributed by atoms with Gasteiger partial charge in [-0.1, -0.05) is 0 Å².